The fourth-order valence-electron chi connectivity index (χ4n) is 3.66. The Bertz CT molecular complexity index is 895. The van der Waals surface area contributed by atoms with Gasteiger partial charge in [-0.1, -0.05) is 70.7 Å². The predicted molar refractivity (Wildman–Crippen MR) is 143 cm³/mol. The molecule has 0 aliphatic rings. The summed E-state index contributed by atoms with van der Waals surface area (Å²) < 4.78 is 5.72. The lowest BCUT2D eigenvalue weighted by atomic mass is 9.94. The van der Waals surface area contributed by atoms with E-state index < -0.39 is 48.0 Å². The Labute approximate surface area is 224 Å². The molecule has 0 aromatic heterocycles. The maximum absolute atomic E-state index is 13.1. The van der Waals surface area contributed by atoms with Gasteiger partial charge in [-0.05, 0) is 42.9 Å². The lowest BCUT2D eigenvalue weighted by molar-refractivity contribution is -0.156. The van der Waals surface area contributed by atoms with Crippen LogP contribution in [-0.4, -0.2) is 53.1 Å². The molecule has 0 aliphatic heterocycles. The quantitative estimate of drug-likeness (QED) is 0.235. The Morgan fingerprint density at radius 2 is 1.65 bits per heavy atom. The van der Waals surface area contributed by atoms with E-state index in [1.54, 1.807) is 24.3 Å². The van der Waals surface area contributed by atoms with Crippen molar-refractivity contribution in [1.82, 2.24) is 10.6 Å². The van der Waals surface area contributed by atoms with Gasteiger partial charge in [0.2, 0.25) is 11.8 Å². The fourth-order valence-corrected chi connectivity index (χ4v) is 3.79. The molecule has 1 aromatic carbocycles. The molecule has 0 spiro atoms. The number of esters is 1. The van der Waals surface area contributed by atoms with Gasteiger partial charge >= 0.3 is 11.9 Å². The number of carbonyl (C=O) groups is 4. The first-order valence-electron chi connectivity index (χ1n) is 12.9. The number of hydrogen-bond acceptors (Lipinski definition) is 6. The zero-order chi connectivity index (χ0) is 28.1. The molecule has 2 amide bonds. The zero-order valence-electron chi connectivity index (χ0n) is 22.5. The first-order valence-corrected chi connectivity index (χ1v) is 13.3. The van der Waals surface area contributed by atoms with Crippen LogP contribution in [0.25, 0.3) is 0 Å². The Hall–Kier alpha value is -2.65. The van der Waals surface area contributed by atoms with Crippen molar-refractivity contribution in [3.8, 4) is 0 Å². The van der Waals surface area contributed by atoms with Crippen molar-refractivity contribution in [2.45, 2.75) is 97.4 Å². The van der Waals surface area contributed by atoms with Gasteiger partial charge in [0, 0.05) is 11.4 Å². The Balaban J connectivity index is 3.05. The summed E-state index contributed by atoms with van der Waals surface area (Å²) in [5.41, 5.74) is 6.78. The van der Waals surface area contributed by atoms with Gasteiger partial charge < -0.3 is 26.2 Å². The molecule has 9 nitrogen and oxygen atoms in total. The van der Waals surface area contributed by atoms with Crippen LogP contribution in [-0.2, 0) is 30.3 Å². The maximum Gasteiger partial charge on any atom is 0.325 e. The first kappa shape index (κ1) is 32.4. The van der Waals surface area contributed by atoms with Crippen LogP contribution in [0.5, 0.6) is 0 Å². The molecule has 0 aliphatic carbocycles. The van der Waals surface area contributed by atoms with E-state index in [-0.39, 0.29) is 24.7 Å². The number of ether oxygens (including phenoxy) is 1. The molecule has 1 aromatic rings. The number of rotatable bonds is 16. The van der Waals surface area contributed by atoms with Crippen LogP contribution in [0.2, 0.25) is 5.02 Å². The van der Waals surface area contributed by atoms with Gasteiger partial charge in [-0.3, -0.25) is 19.2 Å². The standard InChI is InChI=1S/C27H42ClN3O6/c1-6-8-9-17(4)22(37-27(36)24(29)16(3)7-2)15-23(32)31-21(25(33)30-18(5)26(34)35)14-19-10-12-20(28)13-11-19/h10-13,16-18,21-22,24H,6-9,14-15,29H2,1-5H3,(H,30,33)(H,31,32)(H,34,35)/t16-,17-,18-,21-,22-,24+/m0/s1. The molecule has 10 heteroatoms. The zero-order valence-corrected chi connectivity index (χ0v) is 23.2. The van der Waals surface area contributed by atoms with Gasteiger partial charge in [0.15, 0.2) is 0 Å². The molecule has 208 valence electrons. The van der Waals surface area contributed by atoms with E-state index in [2.05, 4.69) is 17.6 Å². The summed E-state index contributed by atoms with van der Waals surface area (Å²) in [7, 11) is 0. The second kappa shape index (κ2) is 16.2. The second-order valence-corrected chi connectivity index (χ2v) is 10.2. The molecule has 0 unspecified atom stereocenters. The number of unbranched alkanes of at least 4 members (excludes halogenated alkanes) is 1. The van der Waals surface area contributed by atoms with E-state index >= 15 is 0 Å². The average molecular weight is 540 g/mol. The van der Waals surface area contributed by atoms with Gasteiger partial charge in [0.05, 0.1) is 6.42 Å². The topological polar surface area (TPSA) is 148 Å². The molecular formula is C27H42ClN3O6. The van der Waals surface area contributed by atoms with Crippen molar-refractivity contribution >= 4 is 35.4 Å². The number of amides is 2. The fraction of sp³-hybridized carbons (Fsp3) is 0.630. The summed E-state index contributed by atoms with van der Waals surface area (Å²) in [6.45, 7) is 9.11. The van der Waals surface area contributed by atoms with Crippen LogP contribution in [0.4, 0.5) is 0 Å². The van der Waals surface area contributed by atoms with E-state index in [0.29, 0.717) is 11.4 Å². The first-order chi connectivity index (χ1) is 17.4. The molecule has 0 saturated carbocycles. The van der Waals surface area contributed by atoms with Crippen molar-refractivity contribution in [1.29, 1.82) is 0 Å². The number of benzene rings is 1. The van der Waals surface area contributed by atoms with Crippen LogP contribution < -0.4 is 16.4 Å². The molecule has 6 atom stereocenters. The van der Waals surface area contributed by atoms with Gasteiger partial charge in [0.25, 0.3) is 0 Å². The van der Waals surface area contributed by atoms with Gasteiger partial charge in [-0.2, -0.15) is 0 Å². The van der Waals surface area contributed by atoms with Crippen LogP contribution in [0.3, 0.4) is 0 Å². The Morgan fingerprint density at radius 3 is 2.19 bits per heavy atom. The highest BCUT2D eigenvalue weighted by Crippen LogP contribution is 2.20. The molecule has 0 bridgehead atoms. The normalized spacial score (nSPS) is 16.0. The Morgan fingerprint density at radius 1 is 1.03 bits per heavy atom. The molecule has 5 N–H and O–H groups in total. The number of halogens is 1. The minimum atomic E-state index is -1.20. The van der Waals surface area contributed by atoms with Gasteiger partial charge in [0.1, 0.15) is 24.2 Å². The SMILES string of the molecule is CCCC[C@H](C)[C@H](CC(=O)N[C@@H](Cc1ccc(Cl)cc1)C(=O)N[C@@H](C)C(=O)O)OC(=O)[C@H](N)[C@@H](C)CC. The average Bonchev–Trinajstić information content (AvgIpc) is 2.86. The summed E-state index contributed by atoms with van der Waals surface area (Å²) in [5, 5.41) is 14.8. The number of hydrogen-bond donors (Lipinski definition) is 4. The van der Waals surface area contributed by atoms with E-state index in [4.69, 9.17) is 22.1 Å². The lowest BCUT2D eigenvalue weighted by Crippen LogP contribution is -2.52. The molecule has 0 saturated heterocycles. The van der Waals surface area contributed by atoms with Crippen LogP contribution in [0.15, 0.2) is 24.3 Å². The number of nitrogens with one attached hydrogen (secondary N) is 2. The highest BCUT2D eigenvalue weighted by molar-refractivity contribution is 6.30. The van der Waals surface area contributed by atoms with Crippen molar-refractivity contribution in [3.63, 3.8) is 0 Å². The predicted octanol–water partition coefficient (Wildman–Crippen LogP) is 3.46. The van der Waals surface area contributed by atoms with Crippen LogP contribution in [0, 0.1) is 11.8 Å². The smallest absolute Gasteiger partial charge is 0.325 e. The number of carbonyl (C=O) groups excluding carboxylic acids is 3. The van der Waals surface area contributed by atoms with E-state index in [1.165, 1.54) is 6.92 Å². The summed E-state index contributed by atoms with van der Waals surface area (Å²) in [5.74, 6) is -3.05. The molecule has 0 heterocycles. The van der Waals surface area contributed by atoms with Crippen molar-refractivity contribution in [2.24, 2.45) is 17.6 Å². The number of carboxylic acid groups (broad SMARTS) is 1. The summed E-state index contributed by atoms with van der Waals surface area (Å²) in [4.78, 5) is 49.9. The number of carboxylic acids is 1. The lowest BCUT2D eigenvalue weighted by Gasteiger charge is -2.27. The van der Waals surface area contributed by atoms with Crippen LogP contribution >= 0.6 is 11.6 Å². The molecule has 0 radical (unpaired) electrons. The minimum Gasteiger partial charge on any atom is -0.480 e. The third-order valence-electron chi connectivity index (χ3n) is 6.56. The number of nitrogens with two attached hydrogens (primary N) is 1. The largest absolute Gasteiger partial charge is 0.480 e. The third-order valence-corrected chi connectivity index (χ3v) is 6.82. The van der Waals surface area contributed by atoms with Gasteiger partial charge in [-0.25, -0.2) is 0 Å². The van der Waals surface area contributed by atoms with Crippen molar-refractivity contribution in [3.05, 3.63) is 34.9 Å². The molecular weight excluding hydrogens is 498 g/mol. The summed E-state index contributed by atoms with van der Waals surface area (Å²) in [6, 6.07) is 3.81. The van der Waals surface area contributed by atoms with Crippen molar-refractivity contribution in [2.75, 3.05) is 0 Å². The second-order valence-electron chi connectivity index (χ2n) is 9.73. The van der Waals surface area contributed by atoms with E-state index in [0.717, 1.165) is 24.8 Å². The van der Waals surface area contributed by atoms with E-state index in [1.807, 2.05) is 20.8 Å². The summed E-state index contributed by atoms with van der Waals surface area (Å²) >= 11 is 5.95. The maximum atomic E-state index is 13.1. The minimum absolute atomic E-state index is 0.0726. The highest BCUT2D eigenvalue weighted by atomic mass is 35.5. The van der Waals surface area contributed by atoms with Crippen molar-refractivity contribution < 1.29 is 29.0 Å². The number of aliphatic carboxylic acids is 1. The summed E-state index contributed by atoms with van der Waals surface area (Å²) in [6.07, 6.45) is 2.58. The highest BCUT2D eigenvalue weighted by Gasteiger charge is 2.31. The molecule has 1 rings (SSSR count). The molecule has 37 heavy (non-hydrogen) atoms. The van der Waals surface area contributed by atoms with Crippen LogP contribution in [0.1, 0.15) is 72.3 Å². The monoisotopic (exact) mass is 539 g/mol. The molecule has 0 fully saturated rings. The van der Waals surface area contributed by atoms with Gasteiger partial charge in [-0.15, -0.1) is 0 Å². The Kier molecular flexibility index (Phi) is 14.2. The third kappa shape index (κ3) is 11.5. The van der Waals surface area contributed by atoms with E-state index in [9.17, 15) is 24.3 Å².